The molecule has 0 aliphatic carbocycles. The van der Waals surface area contributed by atoms with E-state index in [4.69, 9.17) is 4.74 Å². The van der Waals surface area contributed by atoms with Gasteiger partial charge < -0.3 is 24.6 Å². The first-order valence-corrected chi connectivity index (χ1v) is 12.8. The molecule has 3 heterocycles. The number of aliphatic hydroxyl groups is 1. The lowest BCUT2D eigenvalue weighted by Gasteiger charge is -2.56. The Bertz CT molecular complexity index is 1500. The highest BCUT2D eigenvalue weighted by Gasteiger charge is 2.54. The van der Waals surface area contributed by atoms with E-state index in [1.54, 1.807) is 24.1 Å². The Balaban J connectivity index is 1.39. The number of aryl methyl sites for hydroxylation is 1. The first kappa shape index (κ1) is 24.5. The van der Waals surface area contributed by atoms with E-state index in [1.165, 1.54) is 23.3 Å². The van der Waals surface area contributed by atoms with Crippen molar-refractivity contribution in [1.29, 1.82) is 0 Å². The first-order chi connectivity index (χ1) is 18.4. The zero-order chi connectivity index (χ0) is 26.4. The molecule has 7 nitrogen and oxygen atoms in total. The number of carbonyl (C=O) groups excluding carboxylic acids is 1. The molecule has 38 heavy (non-hydrogen) atoms. The van der Waals surface area contributed by atoms with Crippen molar-refractivity contribution in [3.05, 3.63) is 95.4 Å². The molecule has 0 unspecified atom stereocenters. The highest BCUT2D eigenvalue weighted by molar-refractivity contribution is 5.92. The van der Waals surface area contributed by atoms with Gasteiger partial charge in [0.15, 0.2) is 0 Å². The van der Waals surface area contributed by atoms with Gasteiger partial charge in [0.25, 0.3) is 0 Å². The number of nitrogens with one attached hydrogen (secondary N) is 1. The topological polar surface area (TPSA) is 70.0 Å². The summed E-state index contributed by atoms with van der Waals surface area (Å²) < 4.78 is 21.3. The molecule has 6 rings (SSSR count). The Labute approximate surface area is 221 Å². The summed E-state index contributed by atoms with van der Waals surface area (Å²) in [5.74, 6) is 0.383. The van der Waals surface area contributed by atoms with Gasteiger partial charge in [0.2, 0.25) is 0 Å². The van der Waals surface area contributed by atoms with E-state index in [0.717, 1.165) is 22.3 Å². The quantitative estimate of drug-likeness (QED) is 0.407. The third kappa shape index (κ3) is 4.01. The van der Waals surface area contributed by atoms with E-state index in [2.05, 4.69) is 33.0 Å². The molecule has 3 aromatic carbocycles. The maximum Gasteiger partial charge on any atom is 0.321 e. The number of halogens is 1. The molecule has 2 aliphatic heterocycles. The number of aliphatic hydroxyl groups excluding tert-OH is 1. The summed E-state index contributed by atoms with van der Waals surface area (Å²) in [5, 5.41) is 14.6. The molecular formula is C30H31FN4O3. The number of benzene rings is 3. The summed E-state index contributed by atoms with van der Waals surface area (Å²) in [6.07, 6.45) is 0. The van der Waals surface area contributed by atoms with Crippen LogP contribution >= 0.6 is 0 Å². The fourth-order valence-corrected chi connectivity index (χ4v) is 6.30. The molecule has 1 atom stereocenters. The Kier molecular flexibility index (Phi) is 6.08. The highest BCUT2D eigenvalue weighted by Crippen LogP contribution is 2.50. The van der Waals surface area contributed by atoms with Crippen molar-refractivity contribution < 1.29 is 19.0 Å². The lowest BCUT2D eigenvalue weighted by Crippen LogP contribution is -2.68. The van der Waals surface area contributed by atoms with Crippen molar-refractivity contribution in [2.24, 2.45) is 7.05 Å². The molecule has 1 saturated heterocycles. The van der Waals surface area contributed by atoms with Crippen LogP contribution in [-0.4, -0.2) is 58.9 Å². The Morgan fingerprint density at radius 3 is 2.58 bits per heavy atom. The number of fused-ring (bicyclic) bond motifs is 4. The number of anilines is 1. The summed E-state index contributed by atoms with van der Waals surface area (Å²) in [4.78, 5) is 17.2. The zero-order valence-corrected chi connectivity index (χ0v) is 21.5. The fraction of sp³-hybridized carbons (Fsp3) is 0.300. The van der Waals surface area contributed by atoms with Crippen LogP contribution in [0.3, 0.4) is 0 Å². The molecular weight excluding hydrogens is 483 g/mol. The number of nitrogens with zero attached hydrogens (tertiary/aromatic N) is 3. The van der Waals surface area contributed by atoms with Crippen LogP contribution in [0.15, 0.2) is 72.8 Å². The lowest BCUT2D eigenvalue weighted by atomic mass is 9.68. The van der Waals surface area contributed by atoms with Crippen LogP contribution in [0, 0.1) is 5.82 Å². The van der Waals surface area contributed by atoms with Crippen molar-refractivity contribution in [3.63, 3.8) is 0 Å². The summed E-state index contributed by atoms with van der Waals surface area (Å²) in [7, 11) is 3.70. The van der Waals surface area contributed by atoms with E-state index in [1.807, 2.05) is 37.4 Å². The third-order valence-electron chi connectivity index (χ3n) is 8.00. The van der Waals surface area contributed by atoms with Crippen molar-refractivity contribution in [2.75, 3.05) is 38.7 Å². The van der Waals surface area contributed by atoms with Crippen LogP contribution in [0.25, 0.3) is 10.9 Å². The fourth-order valence-electron chi connectivity index (χ4n) is 6.30. The molecule has 1 fully saturated rings. The lowest BCUT2D eigenvalue weighted by molar-refractivity contribution is 0.0111. The number of aromatic nitrogens is 1. The van der Waals surface area contributed by atoms with Gasteiger partial charge in [0, 0.05) is 61.5 Å². The predicted octanol–water partition coefficient (Wildman–Crippen LogP) is 4.66. The Morgan fingerprint density at radius 1 is 1.08 bits per heavy atom. The van der Waals surface area contributed by atoms with Crippen molar-refractivity contribution in [2.45, 2.75) is 18.0 Å². The van der Waals surface area contributed by atoms with E-state index in [9.17, 15) is 14.3 Å². The van der Waals surface area contributed by atoms with Crippen LogP contribution in [0.4, 0.5) is 14.9 Å². The summed E-state index contributed by atoms with van der Waals surface area (Å²) >= 11 is 0. The number of likely N-dealkylation sites (tertiary alicyclic amines) is 1. The SMILES string of the molecule is COc1ccc2c3c(n(C)c2c1)[C@@H](CO)N(Cc1ccccc1)CC31CN(C(=O)Nc2cccc(F)c2)C1. The Morgan fingerprint density at radius 2 is 1.87 bits per heavy atom. The van der Waals surface area contributed by atoms with E-state index in [-0.39, 0.29) is 24.1 Å². The first-order valence-electron chi connectivity index (χ1n) is 12.8. The largest absolute Gasteiger partial charge is 0.497 e. The number of hydrogen-bond acceptors (Lipinski definition) is 4. The summed E-state index contributed by atoms with van der Waals surface area (Å²) in [5.41, 5.74) is 4.60. The second-order valence-corrected chi connectivity index (χ2v) is 10.4. The van der Waals surface area contributed by atoms with Gasteiger partial charge in [-0.2, -0.15) is 0 Å². The van der Waals surface area contributed by atoms with Crippen LogP contribution in [-0.2, 0) is 19.0 Å². The third-order valence-corrected chi connectivity index (χ3v) is 8.00. The normalized spacial score (nSPS) is 18.3. The maximum atomic E-state index is 13.7. The second-order valence-electron chi connectivity index (χ2n) is 10.4. The van der Waals surface area contributed by atoms with Gasteiger partial charge in [-0.3, -0.25) is 4.90 Å². The van der Waals surface area contributed by atoms with Gasteiger partial charge in [-0.1, -0.05) is 36.4 Å². The molecule has 196 valence electrons. The van der Waals surface area contributed by atoms with Gasteiger partial charge in [-0.25, -0.2) is 9.18 Å². The van der Waals surface area contributed by atoms with Crippen molar-refractivity contribution >= 4 is 22.6 Å². The van der Waals surface area contributed by atoms with Crippen LogP contribution in [0.2, 0.25) is 0 Å². The second kappa shape index (κ2) is 9.45. The smallest absolute Gasteiger partial charge is 0.321 e. The zero-order valence-electron chi connectivity index (χ0n) is 21.5. The minimum Gasteiger partial charge on any atom is -0.497 e. The summed E-state index contributed by atoms with van der Waals surface area (Å²) in [6.45, 7) is 2.43. The number of amides is 2. The van der Waals surface area contributed by atoms with Crippen LogP contribution in [0.1, 0.15) is 22.9 Å². The minimum atomic E-state index is -0.391. The number of rotatable bonds is 5. The number of carbonyl (C=O) groups is 1. The minimum absolute atomic E-state index is 0.0129. The predicted molar refractivity (Wildman–Crippen MR) is 145 cm³/mol. The number of methoxy groups -OCH3 is 1. The van der Waals surface area contributed by atoms with Gasteiger partial charge in [-0.15, -0.1) is 0 Å². The van der Waals surface area contributed by atoms with Gasteiger partial charge >= 0.3 is 6.03 Å². The molecule has 4 aromatic rings. The molecule has 1 spiro atoms. The molecule has 0 radical (unpaired) electrons. The van der Waals surface area contributed by atoms with Crippen LogP contribution < -0.4 is 10.1 Å². The number of urea groups is 1. The molecule has 0 saturated carbocycles. The average molecular weight is 515 g/mol. The number of ether oxygens (including phenoxy) is 1. The van der Waals surface area contributed by atoms with Gasteiger partial charge in [-0.05, 0) is 41.5 Å². The standard InChI is InChI=1S/C30H31FN4O3/c1-33-25-14-23(38-2)11-12-24(25)27-28(33)26(16-36)34(15-20-7-4-3-5-8-20)17-30(27)18-35(19-30)29(37)32-22-10-6-9-21(31)13-22/h3-14,26,36H,15-19H2,1-2H3,(H,32,37)/t26-/m1/s1. The highest BCUT2D eigenvalue weighted by atomic mass is 19.1. The molecule has 8 heteroatoms. The number of hydrogen-bond donors (Lipinski definition) is 2. The van der Waals surface area contributed by atoms with Gasteiger partial charge in [0.1, 0.15) is 11.6 Å². The van der Waals surface area contributed by atoms with E-state index in [0.29, 0.717) is 31.9 Å². The maximum absolute atomic E-state index is 13.7. The van der Waals surface area contributed by atoms with E-state index >= 15 is 0 Å². The molecule has 1 aromatic heterocycles. The molecule has 2 aliphatic rings. The van der Waals surface area contributed by atoms with Crippen molar-refractivity contribution in [1.82, 2.24) is 14.4 Å². The molecule has 2 N–H and O–H groups in total. The average Bonchev–Trinajstić information content (AvgIpc) is 3.19. The Hall–Kier alpha value is -3.88. The monoisotopic (exact) mass is 514 g/mol. The molecule has 2 amide bonds. The summed E-state index contributed by atoms with van der Waals surface area (Å²) in [6, 6.07) is 21.8. The van der Waals surface area contributed by atoms with Gasteiger partial charge in [0.05, 0.1) is 25.3 Å². The van der Waals surface area contributed by atoms with E-state index < -0.39 is 5.82 Å². The van der Waals surface area contributed by atoms with Crippen molar-refractivity contribution in [3.8, 4) is 5.75 Å². The molecule has 0 bridgehead atoms. The van der Waals surface area contributed by atoms with Crippen LogP contribution in [0.5, 0.6) is 5.75 Å².